The first kappa shape index (κ1) is 10.7. The number of hydrogen-bond donors (Lipinski definition) is 3. The monoisotopic (exact) mass is 184 g/mol. The van der Waals surface area contributed by atoms with Gasteiger partial charge in [-0.25, -0.2) is 0 Å². The van der Waals surface area contributed by atoms with E-state index in [-0.39, 0.29) is 6.54 Å². The average molecular weight is 184 g/mol. The van der Waals surface area contributed by atoms with Gasteiger partial charge in [-0.05, 0) is 19.3 Å². The van der Waals surface area contributed by atoms with Crippen LogP contribution in [-0.4, -0.2) is 23.9 Å². The van der Waals surface area contributed by atoms with Gasteiger partial charge in [0.05, 0.1) is 0 Å². The molecule has 0 aromatic carbocycles. The molecule has 1 rings (SSSR count). The molecule has 4 N–H and O–H groups in total. The van der Waals surface area contributed by atoms with Gasteiger partial charge in [-0.3, -0.25) is 5.32 Å². The highest BCUT2D eigenvalue weighted by Gasteiger charge is 2.09. The molecular formula is C10H20N2O. The van der Waals surface area contributed by atoms with Gasteiger partial charge in [0.2, 0.25) is 0 Å². The maximum atomic E-state index is 9.30. The minimum absolute atomic E-state index is 0.282. The lowest BCUT2D eigenvalue weighted by Crippen LogP contribution is -2.41. The number of aliphatic hydroxyl groups is 1. The molecule has 0 aromatic heterocycles. The van der Waals surface area contributed by atoms with Gasteiger partial charge >= 0.3 is 0 Å². The molecule has 3 nitrogen and oxygen atoms in total. The second-order valence-electron chi connectivity index (χ2n) is 3.59. The molecule has 2 unspecified atom stereocenters. The lowest BCUT2D eigenvalue weighted by molar-refractivity contribution is 0.134. The molecule has 0 radical (unpaired) electrons. The molecule has 3 heteroatoms. The third kappa shape index (κ3) is 4.41. The van der Waals surface area contributed by atoms with Crippen LogP contribution in [0.1, 0.15) is 32.1 Å². The smallest absolute Gasteiger partial charge is 0.117 e. The third-order valence-electron chi connectivity index (χ3n) is 2.38. The predicted octanol–water partition coefficient (Wildman–Crippen LogP) is 0.742. The van der Waals surface area contributed by atoms with Crippen molar-refractivity contribution in [1.82, 2.24) is 5.32 Å². The number of allylic oxidation sites excluding steroid dienone is 1. The quantitative estimate of drug-likeness (QED) is 0.448. The molecule has 1 aliphatic rings. The lowest BCUT2D eigenvalue weighted by Gasteiger charge is -2.20. The molecule has 0 aliphatic heterocycles. The van der Waals surface area contributed by atoms with Crippen LogP contribution in [0.2, 0.25) is 0 Å². The Kier molecular flexibility index (Phi) is 5.05. The van der Waals surface area contributed by atoms with Gasteiger partial charge in [0.25, 0.3) is 0 Å². The van der Waals surface area contributed by atoms with Crippen LogP contribution in [0.15, 0.2) is 12.2 Å². The van der Waals surface area contributed by atoms with E-state index in [1.165, 1.54) is 19.3 Å². The van der Waals surface area contributed by atoms with Crippen LogP contribution >= 0.6 is 0 Å². The Morgan fingerprint density at radius 3 is 3.08 bits per heavy atom. The zero-order chi connectivity index (χ0) is 9.52. The summed E-state index contributed by atoms with van der Waals surface area (Å²) in [4.78, 5) is 0. The van der Waals surface area contributed by atoms with Crippen LogP contribution in [-0.2, 0) is 0 Å². The molecule has 0 saturated carbocycles. The third-order valence-corrected chi connectivity index (χ3v) is 2.38. The van der Waals surface area contributed by atoms with Crippen molar-refractivity contribution in [3.8, 4) is 0 Å². The van der Waals surface area contributed by atoms with Crippen LogP contribution in [0.4, 0.5) is 0 Å². The molecule has 76 valence electrons. The van der Waals surface area contributed by atoms with Crippen molar-refractivity contribution in [2.24, 2.45) is 5.73 Å². The first-order valence-electron chi connectivity index (χ1n) is 5.14. The van der Waals surface area contributed by atoms with E-state index in [1.807, 2.05) is 0 Å². The van der Waals surface area contributed by atoms with E-state index < -0.39 is 6.23 Å². The van der Waals surface area contributed by atoms with E-state index in [4.69, 9.17) is 5.73 Å². The number of aliphatic hydroxyl groups excluding tert-OH is 1. The molecule has 0 aromatic rings. The van der Waals surface area contributed by atoms with Crippen LogP contribution in [0.5, 0.6) is 0 Å². The largest absolute Gasteiger partial charge is 0.377 e. The number of hydrogen-bond acceptors (Lipinski definition) is 3. The number of nitrogens with two attached hydrogens (primary N) is 1. The number of nitrogens with one attached hydrogen (secondary N) is 1. The fourth-order valence-corrected chi connectivity index (χ4v) is 1.61. The van der Waals surface area contributed by atoms with Gasteiger partial charge in [0.15, 0.2) is 0 Å². The van der Waals surface area contributed by atoms with Crippen molar-refractivity contribution in [3.63, 3.8) is 0 Å². The van der Waals surface area contributed by atoms with Crippen molar-refractivity contribution in [3.05, 3.63) is 12.2 Å². The van der Waals surface area contributed by atoms with E-state index in [1.54, 1.807) is 0 Å². The summed E-state index contributed by atoms with van der Waals surface area (Å²) in [7, 11) is 0. The van der Waals surface area contributed by atoms with Gasteiger partial charge in [0.1, 0.15) is 6.23 Å². The van der Waals surface area contributed by atoms with Crippen LogP contribution in [0.25, 0.3) is 0 Å². The normalized spacial score (nSPS) is 28.9. The highest BCUT2D eigenvalue weighted by atomic mass is 16.3. The summed E-state index contributed by atoms with van der Waals surface area (Å²) in [6.07, 6.45) is 9.88. The Hall–Kier alpha value is -0.380. The molecule has 13 heavy (non-hydrogen) atoms. The highest BCUT2D eigenvalue weighted by molar-refractivity contribution is 4.94. The first-order chi connectivity index (χ1) is 6.33. The van der Waals surface area contributed by atoms with E-state index in [0.29, 0.717) is 6.04 Å². The van der Waals surface area contributed by atoms with Crippen molar-refractivity contribution in [2.75, 3.05) is 6.54 Å². The summed E-state index contributed by atoms with van der Waals surface area (Å²) in [5, 5.41) is 12.4. The van der Waals surface area contributed by atoms with E-state index >= 15 is 0 Å². The molecule has 0 spiro atoms. The van der Waals surface area contributed by atoms with Crippen molar-refractivity contribution < 1.29 is 5.11 Å². The van der Waals surface area contributed by atoms with E-state index in [0.717, 1.165) is 12.8 Å². The molecule has 0 saturated heterocycles. The molecule has 0 fully saturated rings. The van der Waals surface area contributed by atoms with Crippen LogP contribution < -0.4 is 11.1 Å². The van der Waals surface area contributed by atoms with Gasteiger partial charge in [-0.2, -0.15) is 0 Å². The summed E-state index contributed by atoms with van der Waals surface area (Å²) in [6, 6.07) is 0.304. The molecule has 0 amide bonds. The zero-order valence-electron chi connectivity index (χ0n) is 8.08. The topological polar surface area (TPSA) is 58.3 Å². The minimum atomic E-state index is -0.561. The number of rotatable bonds is 3. The molecule has 2 atom stereocenters. The maximum absolute atomic E-state index is 9.30. The summed E-state index contributed by atoms with van der Waals surface area (Å²) >= 11 is 0. The van der Waals surface area contributed by atoms with Gasteiger partial charge in [-0.15, -0.1) is 0 Å². The van der Waals surface area contributed by atoms with Gasteiger partial charge < -0.3 is 10.8 Å². The Labute approximate surface area is 80.0 Å². The van der Waals surface area contributed by atoms with Crippen molar-refractivity contribution in [1.29, 1.82) is 0 Å². The van der Waals surface area contributed by atoms with Crippen LogP contribution in [0, 0.1) is 0 Å². The second-order valence-corrected chi connectivity index (χ2v) is 3.59. The van der Waals surface area contributed by atoms with Crippen LogP contribution in [0.3, 0.4) is 0 Å². The fourth-order valence-electron chi connectivity index (χ4n) is 1.61. The predicted molar refractivity (Wildman–Crippen MR) is 54.2 cm³/mol. The Balaban J connectivity index is 2.32. The average Bonchev–Trinajstić information content (AvgIpc) is 2.09. The fraction of sp³-hybridized carbons (Fsp3) is 0.800. The summed E-state index contributed by atoms with van der Waals surface area (Å²) in [6.45, 7) is 0.282. The molecule has 0 heterocycles. The maximum Gasteiger partial charge on any atom is 0.117 e. The zero-order valence-corrected chi connectivity index (χ0v) is 8.08. The lowest BCUT2D eigenvalue weighted by atomic mass is 10.0. The first-order valence-corrected chi connectivity index (χ1v) is 5.14. The van der Waals surface area contributed by atoms with Crippen molar-refractivity contribution in [2.45, 2.75) is 44.4 Å². The summed E-state index contributed by atoms with van der Waals surface area (Å²) in [5.41, 5.74) is 5.32. The highest BCUT2D eigenvalue weighted by Crippen LogP contribution is 2.11. The Morgan fingerprint density at radius 1 is 1.46 bits per heavy atom. The summed E-state index contributed by atoms with van der Waals surface area (Å²) in [5.74, 6) is 0. The van der Waals surface area contributed by atoms with Gasteiger partial charge in [0, 0.05) is 12.6 Å². The molecule has 1 aliphatic carbocycles. The Morgan fingerprint density at radius 2 is 2.31 bits per heavy atom. The molecule has 0 bridgehead atoms. The second kappa shape index (κ2) is 6.13. The van der Waals surface area contributed by atoms with E-state index in [9.17, 15) is 5.11 Å². The van der Waals surface area contributed by atoms with E-state index in [2.05, 4.69) is 17.5 Å². The summed E-state index contributed by atoms with van der Waals surface area (Å²) < 4.78 is 0. The minimum Gasteiger partial charge on any atom is -0.377 e. The SMILES string of the molecule is NCC(O)NC1/C=C\CCCCC1. The Bertz CT molecular complexity index is 159. The standard InChI is InChI=1S/C10H20N2O/c11-8-10(13)12-9-6-4-2-1-3-5-7-9/h4,6,9-10,12-13H,1-3,5,7-8,11H2/b6-4-. The van der Waals surface area contributed by atoms with Crippen molar-refractivity contribution >= 4 is 0 Å². The molecular weight excluding hydrogens is 164 g/mol. The van der Waals surface area contributed by atoms with Gasteiger partial charge in [-0.1, -0.05) is 25.0 Å².